The van der Waals surface area contributed by atoms with Crippen LogP contribution < -0.4 is 4.90 Å². The van der Waals surface area contributed by atoms with E-state index in [0.29, 0.717) is 0 Å². The maximum absolute atomic E-state index is 6.69. The van der Waals surface area contributed by atoms with Crippen LogP contribution in [0.1, 0.15) is 0 Å². The van der Waals surface area contributed by atoms with Crippen molar-refractivity contribution in [2.24, 2.45) is 0 Å². The van der Waals surface area contributed by atoms with Crippen molar-refractivity contribution in [2.45, 2.75) is 0 Å². The minimum absolute atomic E-state index is 0.875. The summed E-state index contributed by atoms with van der Waals surface area (Å²) >= 11 is 0. The zero-order valence-electron chi connectivity index (χ0n) is 33.6. The summed E-state index contributed by atoms with van der Waals surface area (Å²) in [6.07, 6.45) is 0. The van der Waals surface area contributed by atoms with Crippen molar-refractivity contribution < 1.29 is 4.42 Å². The number of hydrogen-bond donors (Lipinski definition) is 0. The molecule has 13 aromatic rings. The first kappa shape index (κ1) is 34.5. The van der Waals surface area contributed by atoms with Crippen LogP contribution in [0, 0.1) is 0 Å². The summed E-state index contributed by atoms with van der Waals surface area (Å²) in [4.78, 5) is 2.45. The lowest BCUT2D eigenvalue weighted by Crippen LogP contribution is -2.11. The Labute approximate surface area is 357 Å². The number of nitrogens with zero attached hydrogens (tertiary/aromatic N) is 3. The second kappa shape index (κ2) is 13.6. The normalized spacial score (nSPS) is 11.9. The maximum atomic E-state index is 6.69. The molecule has 0 spiro atoms. The number of rotatable bonds is 6. The predicted molar refractivity (Wildman–Crippen MR) is 260 cm³/mol. The van der Waals surface area contributed by atoms with Gasteiger partial charge in [-0.15, -0.1) is 0 Å². The van der Waals surface area contributed by atoms with Crippen LogP contribution >= 0.6 is 0 Å². The number of anilines is 3. The maximum Gasteiger partial charge on any atom is 0.159 e. The lowest BCUT2D eigenvalue weighted by Gasteiger charge is -2.27. The Balaban J connectivity index is 1.10. The second-order valence-corrected chi connectivity index (χ2v) is 16.1. The average Bonchev–Trinajstić information content (AvgIpc) is 4.00. The fourth-order valence-corrected chi connectivity index (χ4v) is 9.93. The smallest absolute Gasteiger partial charge is 0.159 e. The van der Waals surface area contributed by atoms with Crippen LogP contribution in [0.25, 0.3) is 98.8 Å². The number of hydrogen-bond acceptors (Lipinski definition) is 2. The quantitative estimate of drug-likeness (QED) is 0.168. The Kier molecular flexibility index (Phi) is 7.57. The molecule has 10 aromatic carbocycles. The minimum atomic E-state index is 0.875. The Hall–Kier alpha value is -8.34. The highest BCUT2D eigenvalue weighted by atomic mass is 16.3. The van der Waals surface area contributed by atoms with Crippen LogP contribution in [0.2, 0.25) is 0 Å². The average molecular weight is 792 g/mol. The summed E-state index contributed by atoms with van der Waals surface area (Å²) in [5, 5.41) is 9.43. The summed E-state index contributed by atoms with van der Waals surface area (Å²) in [7, 11) is 0. The summed E-state index contributed by atoms with van der Waals surface area (Å²) in [6, 6.07) is 81.1. The fourth-order valence-electron chi connectivity index (χ4n) is 9.93. The van der Waals surface area contributed by atoms with Gasteiger partial charge in [0, 0.05) is 49.4 Å². The number of benzene rings is 10. The molecule has 13 rings (SSSR count). The van der Waals surface area contributed by atoms with Crippen LogP contribution in [0.3, 0.4) is 0 Å². The van der Waals surface area contributed by atoms with Gasteiger partial charge in [-0.25, -0.2) is 0 Å². The van der Waals surface area contributed by atoms with Crippen molar-refractivity contribution in [3.05, 3.63) is 224 Å². The van der Waals surface area contributed by atoms with E-state index >= 15 is 0 Å². The molecule has 0 saturated heterocycles. The molecule has 3 aromatic heterocycles. The molecule has 4 heteroatoms. The first-order valence-electron chi connectivity index (χ1n) is 21.2. The molecule has 0 radical (unpaired) electrons. The molecule has 0 aliphatic carbocycles. The van der Waals surface area contributed by atoms with Gasteiger partial charge in [0.05, 0.1) is 33.4 Å². The van der Waals surface area contributed by atoms with Gasteiger partial charge in [0.25, 0.3) is 0 Å². The largest absolute Gasteiger partial charge is 0.454 e. The van der Waals surface area contributed by atoms with Crippen molar-refractivity contribution >= 4 is 93.4 Å². The van der Waals surface area contributed by atoms with Gasteiger partial charge in [0.2, 0.25) is 0 Å². The van der Waals surface area contributed by atoms with E-state index in [1.165, 1.54) is 37.9 Å². The Morgan fingerprint density at radius 3 is 1.89 bits per heavy atom. The first-order valence-corrected chi connectivity index (χ1v) is 21.2. The van der Waals surface area contributed by atoms with Gasteiger partial charge >= 0.3 is 0 Å². The molecule has 290 valence electrons. The van der Waals surface area contributed by atoms with Crippen LogP contribution in [-0.2, 0) is 0 Å². The molecular weight excluding hydrogens is 755 g/mol. The molecule has 3 heterocycles. The predicted octanol–water partition coefficient (Wildman–Crippen LogP) is 16.1. The van der Waals surface area contributed by atoms with E-state index < -0.39 is 0 Å². The number of fused-ring (bicyclic) bond motifs is 10. The van der Waals surface area contributed by atoms with E-state index in [1.54, 1.807) is 0 Å². The third-order valence-electron chi connectivity index (χ3n) is 12.7. The molecular formula is C58H37N3O. The number of furan rings is 1. The van der Waals surface area contributed by atoms with Gasteiger partial charge < -0.3 is 18.5 Å². The van der Waals surface area contributed by atoms with E-state index in [4.69, 9.17) is 4.42 Å². The van der Waals surface area contributed by atoms with Gasteiger partial charge in [-0.2, -0.15) is 0 Å². The van der Waals surface area contributed by atoms with Crippen LogP contribution in [0.5, 0.6) is 0 Å². The molecule has 0 N–H and O–H groups in total. The zero-order chi connectivity index (χ0) is 40.7. The zero-order valence-corrected chi connectivity index (χ0v) is 33.6. The fraction of sp³-hybridized carbons (Fsp3) is 0. The molecule has 0 aliphatic heterocycles. The van der Waals surface area contributed by atoms with Crippen LogP contribution in [0.15, 0.2) is 229 Å². The SMILES string of the molecule is c1ccc(-c2cccc(N(c3ccc4c5ccccc5n(-c5cccc6c5oc5ccccc56)c4c3)c3cccc4c3c3ccccc3n4-c3ccc4ccccc4c3)c2)cc1. The highest BCUT2D eigenvalue weighted by Gasteiger charge is 2.24. The molecule has 0 fully saturated rings. The lowest BCUT2D eigenvalue weighted by molar-refractivity contribution is 0.666. The molecule has 0 saturated carbocycles. The summed E-state index contributed by atoms with van der Waals surface area (Å²) < 4.78 is 11.5. The lowest BCUT2D eigenvalue weighted by atomic mass is 10.0. The van der Waals surface area contributed by atoms with Gasteiger partial charge in [-0.05, 0) is 94.7 Å². The highest BCUT2D eigenvalue weighted by Crippen LogP contribution is 2.46. The Morgan fingerprint density at radius 2 is 1.00 bits per heavy atom. The third-order valence-corrected chi connectivity index (χ3v) is 12.7. The Bertz CT molecular complexity index is 3890. The van der Waals surface area contributed by atoms with Crippen LogP contribution in [0.4, 0.5) is 17.1 Å². The first-order chi connectivity index (χ1) is 30.8. The minimum Gasteiger partial charge on any atom is -0.454 e. The van der Waals surface area contributed by atoms with Crippen molar-refractivity contribution in [1.82, 2.24) is 9.13 Å². The summed E-state index contributed by atoms with van der Waals surface area (Å²) in [5.41, 5.74) is 14.0. The van der Waals surface area contributed by atoms with Crippen molar-refractivity contribution in [3.8, 4) is 22.5 Å². The standard InChI is InChI=1S/C58H37N3O/c1-2-15-38(16-3-1)41-19-12-20-42(35-41)59(52-27-14-28-53-57(52)49-23-7-10-26-51(49)60(53)43-32-31-39-17-4-5-18-40(39)36-43)44-33-34-46-45-21-6-9-25-50(45)61(55(46)37-44)54-29-13-24-48-47-22-8-11-30-56(47)62-58(48)54/h1-37H. The molecule has 0 amide bonds. The molecule has 0 aliphatic rings. The van der Waals surface area contributed by atoms with E-state index in [9.17, 15) is 0 Å². The highest BCUT2D eigenvalue weighted by molar-refractivity contribution is 6.18. The Morgan fingerprint density at radius 1 is 0.355 bits per heavy atom. The number of para-hydroxylation sites is 4. The van der Waals surface area contributed by atoms with Gasteiger partial charge in [-0.1, -0.05) is 152 Å². The second-order valence-electron chi connectivity index (χ2n) is 16.1. The van der Waals surface area contributed by atoms with Gasteiger partial charge in [0.1, 0.15) is 5.58 Å². The van der Waals surface area contributed by atoms with E-state index in [1.807, 2.05) is 6.07 Å². The molecule has 62 heavy (non-hydrogen) atoms. The molecule has 0 unspecified atom stereocenters. The van der Waals surface area contributed by atoms with Crippen molar-refractivity contribution in [3.63, 3.8) is 0 Å². The summed E-state index contributed by atoms with van der Waals surface area (Å²) in [6.45, 7) is 0. The van der Waals surface area contributed by atoms with Gasteiger partial charge in [-0.3, -0.25) is 0 Å². The van der Waals surface area contributed by atoms with Crippen LogP contribution in [-0.4, -0.2) is 9.13 Å². The topological polar surface area (TPSA) is 26.2 Å². The molecule has 0 bridgehead atoms. The van der Waals surface area contributed by atoms with E-state index in [-0.39, 0.29) is 0 Å². The molecule has 4 nitrogen and oxygen atoms in total. The number of aromatic nitrogens is 2. The summed E-state index contributed by atoms with van der Waals surface area (Å²) in [5.74, 6) is 0. The van der Waals surface area contributed by atoms with Gasteiger partial charge in [0.15, 0.2) is 5.58 Å². The monoisotopic (exact) mass is 791 g/mol. The van der Waals surface area contributed by atoms with Crippen molar-refractivity contribution in [1.29, 1.82) is 0 Å². The van der Waals surface area contributed by atoms with E-state index in [2.05, 4.69) is 232 Å². The molecule has 0 atom stereocenters. The van der Waals surface area contributed by atoms with Crippen molar-refractivity contribution in [2.75, 3.05) is 4.90 Å². The third kappa shape index (κ3) is 5.20. The van der Waals surface area contributed by atoms with E-state index in [0.717, 1.165) is 78.0 Å².